The first-order valence-electron chi connectivity index (χ1n) is 6.20. The van der Waals surface area contributed by atoms with E-state index in [9.17, 15) is 0 Å². The first-order valence-corrected chi connectivity index (χ1v) is 6.20. The molecule has 17 heavy (non-hydrogen) atoms. The highest BCUT2D eigenvalue weighted by Gasteiger charge is 2.12. The third-order valence-electron chi connectivity index (χ3n) is 2.35. The van der Waals surface area contributed by atoms with E-state index in [1.165, 1.54) is 0 Å². The predicted octanol–water partition coefficient (Wildman–Crippen LogP) is 3.21. The van der Waals surface area contributed by atoms with E-state index < -0.39 is 0 Å². The van der Waals surface area contributed by atoms with E-state index in [0.29, 0.717) is 6.04 Å². The van der Waals surface area contributed by atoms with E-state index in [1.54, 1.807) is 0 Å². The normalized spacial score (nSPS) is 13.3. The zero-order valence-corrected chi connectivity index (χ0v) is 11.8. The number of hydrogen-bond donors (Lipinski definition) is 2. The van der Waals surface area contributed by atoms with Crippen LogP contribution in [-0.4, -0.2) is 21.5 Å². The van der Waals surface area contributed by atoms with Gasteiger partial charge in [0, 0.05) is 17.6 Å². The SMILES string of the molecule is CCC(C)Nc1cc(NC(C)(C)C)nc(C)n1. The highest BCUT2D eigenvalue weighted by molar-refractivity contribution is 5.49. The molecular weight excluding hydrogens is 212 g/mol. The fraction of sp³-hybridized carbons (Fsp3) is 0.692. The molecule has 4 heteroatoms. The summed E-state index contributed by atoms with van der Waals surface area (Å²) in [5.41, 5.74) is 0.00837. The minimum absolute atomic E-state index is 0.00837. The van der Waals surface area contributed by atoms with Gasteiger partial charge in [0.1, 0.15) is 17.5 Å². The largest absolute Gasteiger partial charge is 0.367 e. The van der Waals surface area contributed by atoms with Crippen LogP contribution in [0.15, 0.2) is 6.07 Å². The van der Waals surface area contributed by atoms with Crippen LogP contribution in [0.25, 0.3) is 0 Å². The molecule has 0 aliphatic rings. The Bertz CT molecular complexity index is 368. The molecule has 0 saturated heterocycles. The van der Waals surface area contributed by atoms with Crippen LogP contribution in [0, 0.1) is 6.92 Å². The summed E-state index contributed by atoms with van der Waals surface area (Å²) >= 11 is 0. The van der Waals surface area contributed by atoms with Crippen LogP contribution >= 0.6 is 0 Å². The lowest BCUT2D eigenvalue weighted by Gasteiger charge is -2.22. The Kier molecular flexibility index (Phi) is 4.32. The van der Waals surface area contributed by atoms with E-state index in [-0.39, 0.29) is 5.54 Å². The van der Waals surface area contributed by atoms with Crippen LogP contribution in [0.4, 0.5) is 11.6 Å². The summed E-state index contributed by atoms with van der Waals surface area (Å²) in [5.74, 6) is 2.54. The lowest BCUT2D eigenvalue weighted by atomic mass is 10.1. The van der Waals surface area contributed by atoms with E-state index in [0.717, 1.165) is 23.9 Å². The van der Waals surface area contributed by atoms with Gasteiger partial charge in [-0.2, -0.15) is 0 Å². The van der Waals surface area contributed by atoms with Crippen LogP contribution < -0.4 is 10.6 Å². The number of anilines is 2. The van der Waals surface area contributed by atoms with Crippen molar-refractivity contribution in [2.45, 2.75) is 59.5 Å². The maximum Gasteiger partial charge on any atom is 0.132 e. The van der Waals surface area contributed by atoms with Gasteiger partial charge in [0.15, 0.2) is 0 Å². The Hall–Kier alpha value is -1.32. The van der Waals surface area contributed by atoms with Crippen LogP contribution in [0.1, 0.15) is 46.9 Å². The maximum absolute atomic E-state index is 4.39. The smallest absolute Gasteiger partial charge is 0.132 e. The van der Waals surface area contributed by atoms with Gasteiger partial charge in [-0.15, -0.1) is 0 Å². The number of hydrogen-bond acceptors (Lipinski definition) is 4. The van der Waals surface area contributed by atoms with Gasteiger partial charge >= 0.3 is 0 Å². The molecule has 1 rings (SSSR count). The van der Waals surface area contributed by atoms with Gasteiger partial charge in [0.2, 0.25) is 0 Å². The molecule has 1 aromatic rings. The van der Waals surface area contributed by atoms with Crippen LogP contribution in [0.5, 0.6) is 0 Å². The second-order valence-corrected chi connectivity index (χ2v) is 5.51. The number of aromatic nitrogens is 2. The van der Waals surface area contributed by atoms with Crippen molar-refractivity contribution in [2.24, 2.45) is 0 Å². The second-order valence-electron chi connectivity index (χ2n) is 5.51. The van der Waals surface area contributed by atoms with Crippen molar-refractivity contribution in [2.75, 3.05) is 10.6 Å². The standard InChI is InChI=1S/C13H24N4/c1-7-9(2)14-11-8-12(16-10(3)15-11)17-13(4,5)6/h8-9H,7H2,1-6H3,(H2,14,15,16,17). The van der Waals surface area contributed by atoms with Crippen molar-refractivity contribution in [3.8, 4) is 0 Å². The van der Waals surface area contributed by atoms with Crippen LogP contribution in [0.3, 0.4) is 0 Å². The van der Waals surface area contributed by atoms with Crippen molar-refractivity contribution in [1.29, 1.82) is 0 Å². The molecule has 0 saturated carbocycles. The van der Waals surface area contributed by atoms with Gasteiger partial charge in [-0.05, 0) is 41.0 Å². The number of nitrogens with zero attached hydrogens (tertiary/aromatic N) is 2. The summed E-state index contributed by atoms with van der Waals surface area (Å²) in [4.78, 5) is 8.78. The Morgan fingerprint density at radius 2 is 1.82 bits per heavy atom. The fourth-order valence-electron chi connectivity index (χ4n) is 1.44. The highest BCUT2D eigenvalue weighted by atomic mass is 15.1. The van der Waals surface area contributed by atoms with Gasteiger partial charge in [-0.25, -0.2) is 9.97 Å². The third-order valence-corrected chi connectivity index (χ3v) is 2.35. The zero-order chi connectivity index (χ0) is 13.1. The predicted molar refractivity (Wildman–Crippen MR) is 73.5 cm³/mol. The topological polar surface area (TPSA) is 49.8 Å². The van der Waals surface area contributed by atoms with Crippen LogP contribution in [0.2, 0.25) is 0 Å². The number of nitrogens with one attached hydrogen (secondary N) is 2. The van der Waals surface area contributed by atoms with Gasteiger partial charge in [0.05, 0.1) is 0 Å². The van der Waals surface area contributed by atoms with Gasteiger partial charge in [0.25, 0.3) is 0 Å². The summed E-state index contributed by atoms with van der Waals surface area (Å²) < 4.78 is 0. The van der Waals surface area contributed by atoms with Crippen LogP contribution in [-0.2, 0) is 0 Å². The van der Waals surface area contributed by atoms with E-state index >= 15 is 0 Å². The van der Waals surface area contributed by atoms with Gasteiger partial charge < -0.3 is 10.6 Å². The lowest BCUT2D eigenvalue weighted by Crippen LogP contribution is -2.27. The summed E-state index contributed by atoms with van der Waals surface area (Å²) in [6.45, 7) is 12.6. The summed E-state index contributed by atoms with van der Waals surface area (Å²) in [6.07, 6.45) is 1.07. The maximum atomic E-state index is 4.39. The molecule has 4 nitrogen and oxygen atoms in total. The molecule has 1 unspecified atom stereocenters. The molecule has 0 aromatic carbocycles. The molecule has 0 amide bonds. The molecule has 2 N–H and O–H groups in total. The van der Waals surface area contributed by atoms with E-state index in [1.807, 2.05) is 13.0 Å². The molecule has 0 spiro atoms. The highest BCUT2D eigenvalue weighted by Crippen LogP contribution is 2.16. The van der Waals surface area contributed by atoms with Gasteiger partial charge in [-0.1, -0.05) is 6.92 Å². The molecule has 0 bridgehead atoms. The molecular formula is C13H24N4. The van der Waals surface area contributed by atoms with Crippen molar-refractivity contribution < 1.29 is 0 Å². The quantitative estimate of drug-likeness (QED) is 0.843. The van der Waals surface area contributed by atoms with Crippen molar-refractivity contribution in [3.63, 3.8) is 0 Å². The van der Waals surface area contributed by atoms with Crippen molar-refractivity contribution >= 4 is 11.6 Å². The minimum Gasteiger partial charge on any atom is -0.367 e. The Morgan fingerprint density at radius 3 is 2.35 bits per heavy atom. The van der Waals surface area contributed by atoms with E-state index in [2.05, 4.69) is 55.2 Å². The molecule has 1 atom stereocenters. The minimum atomic E-state index is 0.00837. The molecule has 0 aliphatic carbocycles. The Balaban J connectivity index is 2.86. The monoisotopic (exact) mass is 236 g/mol. The summed E-state index contributed by atoms with van der Waals surface area (Å²) in [6, 6.07) is 2.39. The van der Waals surface area contributed by atoms with E-state index in [4.69, 9.17) is 0 Å². The van der Waals surface area contributed by atoms with Gasteiger partial charge in [-0.3, -0.25) is 0 Å². The molecule has 0 aliphatic heterocycles. The number of rotatable bonds is 4. The van der Waals surface area contributed by atoms with Crippen molar-refractivity contribution in [1.82, 2.24) is 9.97 Å². The third kappa shape index (κ3) is 5.02. The molecule has 1 aromatic heterocycles. The number of aryl methyl sites for hydroxylation is 1. The average molecular weight is 236 g/mol. The average Bonchev–Trinajstić information content (AvgIpc) is 2.13. The molecule has 0 radical (unpaired) electrons. The second kappa shape index (κ2) is 5.34. The molecule has 0 fully saturated rings. The van der Waals surface area contributed by atoms with Crippen molar-refractivity contribution in [3.05, 3.63) is 11.9 Å². The molecule has 1 heterocycles. The first kappa shape index (κ1) is 13.7. The summed E-state index contributed by atoms with van der Waals surface area (Å²) in [5, 5.41) is 6.73. The first-order chi connectivity index (χ1) is 7.80. The summed E-state index contributed by atoms with van der Waals surface area (Å²) in [7, 11) is 0. The lowest BCUT2D eigenvalue weighted by molar-refractivity contribution is 0.629. The fourth-order valence-corrected chi connectivity index (χ4v) is 1.44. The Morgan fingerprint density at radius 1 is 1.24 bits per heavy atom. The Labute approximate surface area is 104 Å². The zero-order valence-electron chi connectivity index (χ0n) is 11.8. The molecule has 96 valence electrons.